The number of thioether (sulfide) groups is 1. The van der Waals surface area contributed by atoms with Gasteiger partial charge >= 0.3 is 0 Å². The van der Waals surface area contributed by atoms with Gasteiger partial charge < -0.3 is 4.43 Å². The minimum absolute atomic E-state index is 0.0572. The van der Waals surface area contributed by atoms with E-state index in [0.29, 0.717) is 22.0 Å². The fourth-order valence-electron chi connectivity index (χ4n) is 3.73. The molecule has 1 saturated carbocycles. The van der Waals surface area contributed by atoms with Gasteiger partial charge in [-0.1, -0.05) is 38.6 Å². The first-order valence-corrected chi connectivity index (χ1v) is 15.3. The number of rotatable bonds is 6. The van der Waals surface area contributed by atoms with Crippen molar-refractivity contribution in [2.45, 2.75) is 82.4 Å². The Morgan fingerprint density at radius 3 is 2.44 bits per heavy atom. The lowest BCUT2D eigenvalue weighted by molar-refractivity contribution is 0.154. The Morgan fingerprint density at radius 1 is 1.19 bits per heavy atom. The number of hydrogen-bond acceptors (Lipinski definition) is 6. The molecule has 172 valence electrons. The summed E-state index contributed by atoms with van der Waals surface area (Å²) in [6, 6.07) is 5.93. The van der Waals surface area contributed by atoms with Crippen molar-refractivity contribution in [2.75, 3.05) is 6.26 Å². The zero-order valence-electron chi connectivity index (χ0n) is 20.3. The first-order chi connectivity index (χ1) is 14.9. The van der Waals surface area contributed by atoms with E-state index in [-0.39, 0.29) is 22.2 Å². The van der Waals surface area contributed by atoms with Gasteiger partial charge in [-0.15, -0.1) is 0 Å². The molecule has 1 aliphatic carbocycles. The number of pyridine rings is 1. The molecule has 4 rings (SSSR count). The quantitative estimate of drug-likeness (QED) is 0.276. The topological polar surface area (TPSA) is 74.8 Å². The van der Waals surface area contributed by atoms with Gasteiger partial charge in [0, 0.05) is 12.2 Å². The van der Waals surface area contributed by atoms with E-state index in [0.717, 1.165) is 18.5 Å². The molecule has 0 saturated heterocycles. The van der Waals surface area contributed by atoms with Crippen LogP contribution in [0.3, 0.4) is 0 Å². The van der Waals surface area contributed by atoms with Gasteiger partial charge in [-0.05, 0) is 63.2 Å². The van der Waals surface area contributed by atoms with Crippen LogP contribution in [-0.2, 0) is 10.0 Å². The molecular weight excluding hydrogens is 438 g/mol. The fourth-order valence-corrected chi connectivity index (χ4v) is 5.66. The maximum absolute atomic E-state index is 13.2. The molecule has 0 unspecified atom stereocenters. The average Bonchev–Trinajstić information content (AvgIpc) is 3.43. The summed E-state index contributed by atoms with van der Waals surface area (Å²) < 4.78 is 10.4. The normalized spacial score (nSPS) is 16.2. The van der Waals surface area contributed by atoms with Crippen molar-refractivity contribution >= 4 is 31.1 Å². The van der Waals surface area contributed by atoms with Crippen LogP contribution in [0.25, 0.3) is 16.9 Å². The zero-order valence-corrected chi connectivity index (χ0v) is 22.1. The molecule has 0 spiro atoms. The van der Waals surface area contributed by atoms with Crippen molar-refractivity contribution in [1.29, 1.82) is 0 Å². The number of hydrogen-bond donors (Lipinski definition) is 0. The molecule has 3 heterocycles. The third-order valence-corrected chi connectivity index (χ3v) is 11.7. The van der Waals surface area contributed by atoms with E-state index < -0.39 is 8.32 Å². The van der Waals surface area contributed by atoms with Gasteiger partial charge in [0.1, 0.15) is 5.39 Å². The first-order valence-electron chi connectivity index (χ1n) is 11.1. The Kier molecular flexibility index (Phi) is 5.66. The minimum atomic E-state index is -1.96. The molecule has 0 N–H and O–H groups in total. The maximum atomic E-state index is 13.2. The van der Waals surface area contributed by atoms with Crippen molar-refractivity contribution in [3.8, 4) is 5.82 Å². The average molecular weight is 472 g/mol. The van der Waals surface area contributed by atoms with E-state index in [1.165, 1.54) is 11.8 Å². The van der Waals surface area contributed by atoms with Gasteiger partial charge in [0.2, 0.25) is 0 Å². The summed E-state index contributed by atoms with van der Waals surface area (Å²) in [4.78, 5) is 27.2. The van der Waals surface area contributed by atoms with E-state index in [1.54, 1.807) is 10.9 Å². The molecule has 1 fully saturated rings. The van der Waals surface area contributed by atoms with Crippen molar-refractivity contribution < 1.29 is 4.43 Å². The van der Waals surface area contributed by atoms with Crippen molar-refractivity contribution in [3.05, 3.63) is 40.4 Å². The highest BCUT2D eigenvalue weighted by atomic mass is 32.2. The van der Waals surface area contributed by atoms with Crippen molar-refractivity contribution in [1.82, 2.24) is 24.3 Å². The highest BCUT2D eigenvalue weighted by molar-refractivity contribution is 7.98. The summed E-state index contributed by atoms with van der Waals surface area (Å²) in [6.45, 7) is 15.3. The Labute approximate surface area is 194 Å². The molecule has 9 heteroatoms. The van der Waals surface area contributed by atoms with E-state index >= 15 is 0 Å². The molecule has 0 atom stereocenters. The van der Waals surface area contributed by atoms with E-state index in [9.17, 15) is 4.79 Å². The molecule has 0 aliphatic heterocycles. The van der Waals surface area contributed by atoms with Crippen LogP contribution in [0.5, 0.6) is 0 Å². The lowest BCUT2D eigenvalue weighted by Crippen LogP contribution is -2.44. The largest absolute Gasteiger partial charge is 0.406 e. The van der Waals surface area contributed by atoms with E-state index in [1.807, 2.05) is 36.9 Å². The Hall–Kier alpha value is -1.97. The Bertz CT molecular complexity index is 1220. The third-order valence-electron chi connectivity index (χ3n) is 6.65. The van der Waals surface area contributed by atoms with Crippen LogP contribution < -0.4 is 5.56 Å². The van der Waals surface area contributed by atoms with Crippen LogP contribution in [0.4, 0.5) is 0 Å². The number of nitrogens with zero attached hydrogens (tertiary/aromatic N) is 5. The predicted octanol–water partition coefficient (Wildman–Crippen LogP) is 5.29. The predicted molar refractivity (Wildman–Crippen MR) is 132 cm³/mol. The molecule has 7 nitrogen and oxygen atoms in total. The van der Waals surface area contributed by atoms with E-state index in [4.69, 9.17) is 9.41 Å². The second-order valence-corrected chi connectivity index (χ2v) is 15.9. The molecule has 3 aromatic heterocycles. The lowest BCUT2D eigenvalue weighted by Gasteiger charge is -2.39. The Morgan fingerprint density at radius 2 is 1.88 bits per heavy atom. The maximum Gasteiger partial charge on any atom is 0.278 e. The van der Waals surface area contributed by atoms with Gasteiger partial charge in [0.05, 0.1) is 11.3 Å². The summed E-state index contributed by atoms with van der Waals surface area (Å²) in [5.74, 6) is 0.680. The summed E-state index contributed by atoms with van der Waals surface area (Å²) in [6.07, 6.45) is 5.49. The Balaban J connectivity index is 1.86. The fraction of sp³-hybridized carbons (Fsp3) is 0.565. The SMILES string of the molecule is CSc1ncc2c(=O)n(C(C)C)n(-c3cccc(C4(O[Si](C)(C)C(C)(C)C)CC4)n3)c2n1. The second-order valence-electron chi connectivity index (χ2n) is 10.4. The summed E-state index contributed by atoms with van der Waals surface area (Å²) in [7, 11) is -1.96. The number of fused-ring (bicyclic) bond motifs is 1. The third kappa shape index (κ3) is 3.84. The monoisotopic (exact) mass is 471 g/mol. The number of aromatic nitrogens is 5. The van der Waals surface area contributed by atoms with Gasteiger partial charge in [-0.2, -0.15) is 0 Å². The summed E-state index contributed by atoms with van der Waals surface area (Å²) in [5, 5.41) is 1.26. The molecule has 0 bridgehead atoms. The van der Waals surface area contributed by atoms with Gasteiger partial charge in [0.25, 0.3) is 5.56 Å². The van der Waals surface area contributed by atoms with Crippen molar-refractivity contribution in [2.24, 2.45) is 0 Å². The first kappa shape index (κ1) is 23.2. The van der Waals surface area contributed by atoms with Crippen LogP contribution in [-0.4, -0.2) is 38.9 Å². The van der Waals surface area contributed by atoms with Crippen LogP contribution in [0.1, 0.15) is 59.2 Å². The molecule has 32 heavy (non-hydrogen) atoms. The van der Waals surface area contributed by atoms with Gasteiger partial charge in [0.15, 0.2) is 24.9 Å². The zero-order chi connectivity index (χ0) is 23.5. The van der Waals surface area contributed by atoms with Crippen LogP contribution in [0.15, 0.2) is 34.3 Å². The molecule has 3 aromatic rings. The highest BCUT2D eigenvalue weighted by Gasteiger charge is 2.53. The van der Waals surface area contributed by atoms with Crippen LogP contribution >= 0.6 is 11.8 Å². The van der Waals surface area contributed by atoms with Crippen LogP contribution in [0, 0.1) is 0 Å². The smallest absolute Gasteiger partial charge is 0.278 e. The molecule has 0 amide bonds. The van der Waals surface area contributed by atoms with Gasteiger partial charge in [-0.25, -0.2) is 24.3 Å². The highest BCUT2D eigenvalue weighted by Crippen LogP contribution is 2.53. The van der Waals surface area contributed by atoms with Crippen molar-refractivity contribution in [3.63, 3.8) is 0 Å². The molecule has 0 radical (unpaired) electrons. The van der Waals surface area contributed by atoms with Gasteiger partial charge in [-0.3, -0.25) is 4.79 Å². The lowest BCUT2D eigenvalue weighted by atomic mass is 10.2. The minimum Gasteiger partial charge on any atom is -0.406 e. The molecular formula is C23H33N5O2SSi. The summed E-state index contributed by atoms with van der Waals surface area (Å²) in [5.41, 5.74) is 1.09. The standard InChI is InChI=1S/C23H33N5O2SSi/c1-15(2)27-20(29)16-14-24-21(31-6)26-19(16)28(27)18-11-9-10-17(25-18)23(12-13-23)30-32(7,8)22(3,4)5/h9-11,14-15H,12-13H2,1-8H3. The van der Waals surface area contributed by atoms with E-state index in [2.05, 4.69) is 49.9 Å². The second kappa shape index (κ2) is 7.81. The van der Waals surface area contributed by atoms with Crippen LogP contribution in [0.2, 0.25) is 18.1 Å². The summed E-state index contributed by atoms with van der Waals surface area (Å²) >= 11 is 1.45. The molecule has 1 aliphatic rings. The molecule has 0 aromatic carbocycles.